The van der Waals surface area contributed by atoms with E-state index in [-0.39, 0.29) is 24.0 Å². The van der Waals surface area contributed by atoms with Crippen LogP contribution in [-0.2, 0) is 6.54 Å². The van der Waals surface area contributed by atoms with Crippen molar-refractivity contribution in [2.45, 2.75) is 31.9 Å². The van der Waals surface area contributed by atoms with Crippen molar-refractivity contribution < 1.29 is 4.74 Å². The van der Waals surface area contributed by atoms with Crippen LogP contribution >= 0.6 is 24.0 Å². The maximum Gasteiger partial charge on any atom is 0.225 e. The monoisotopic (exact) mass is 495 g/mol. The largest absolute Gasteiger partial charge is 0.474 e. The number of nitrogens with two attached hydrogens (primary N) is 1. The second-order valence-corrected chi connectivity index (χ2v) is 6.87. The topological polar surface area (TPSA) is 92.8 Å². The zero-order valence-corrected chi connectivity index (χ0v) is 18.1. The summed E-state index contributed by atoms with van der Waals surface area (Å²) in [6.45, 7) is 3.79. The van der Waals surface area contributed by atoms with Gasteiger partial charge in [-0.3, -0.25) is 0 Å². The van der Waals surface area contributed by atoms with Crippen molar-refractivity contribution in [2.75, 3.05) is 31.1 Å². The number of anilines is 1. The first-order valence-corrected chi connectivity index (χ1v) is 9.46. The Bertz CT molecular complexity index is 777. The summed E-state index contributed by atoms with van der Waals surface area (Å²) in [6.07, 6.45) is 9.12. The molecule has 1 saturated heterocycles. The molecule has 1 saturated carbocycles. The van der Waals surface area contributed by atoms with E-state index < -0.39 is 0 Å². The van der Waals surface area contributed by atoms with Crippen molar-refractivity contribution in [3.63, 3.8) is 0 Å². The van der Waals surface area contributed by atoms with Gasteiger partial charge in [-0.15, -0.1) is 24.0 Å². The van der Waals surface area contributed by atoms with E-state index in [2.05, 4.69) is 29.7 Å². The zero-order valence-electron chi connectivity index (χ0n) is 15.8. The molecule has 0 amide bonds. The van der Waals surface area contributed by atoms with Crippen molar-refractivity contribution in [1.82, 2.24) is 19.9 Å². The van der Waals surface area contributed by atoms with Crippen molar-refractivity contribution >= 4 is 35.9 Å². The smallest absolute Gasteiger partial charge is 0.225 e. The third-order valence-electron chi connectivity index (χ3n) is 5.00. The summed E-state index contributed by atoms with van der Waals surface area (Å²) in [5, 5.41) is 0. The van der Waals surface area contributed by atoms with Crippen LogP contribution in [0.3, 0.4) is 0 Å². The molecule has 2 aliphatic rings. The summed E-state index contributed by atoms with van der Waals surface area (Å²) in [7, 11) is 0. The average Bonchev–Trinajstić information content (AvgIpc) is 2.70. The first-order chi connectivity index (χ1) is 13.3. The molecule has 1 aliphatic heterocycles. The fourth-order valence-corrected chi connectivity index (χ4v) is 3.14. The number of hydrogen-bond donors (Lipinski definition) is 1. The highest BCUT2D eigenvalue weighted by molar-refractivity contribution is 14.0. The van der Waals surface area contributed by atoms with E-state index in [0.717, 1.165) is 50.5 Å². The lowest BCUT2D eigenvalue weighted by molar-refractivity contribution is 0.114. The standard InChI is InChI=1S/C19H25N7O.HI/c20-18(25-9-11-26(12-10-25)19-22-6-2-7-23-19)24-14-15-5-8-21-17(13-15)27-16-3-1-4-16;/h2,5-8,13,16H,1,3-4,9-12,14H2,(H2,20,24);1H. The molecule has 8 nitrogen and oxygen atoms in total. The molecule has 28 heavy (non-hydrogen) atoms. The summed E-state index contributed by atoms with van der Waals surface area (Å²) in [4.78, 5) is 21.7. The van der Waals surface area contributed by atoms with E-state index in [0.29, 0.717) is 24.5 Å². The minimum absolute atomic E-state index is 0. The van der Waals surface area contributed by atoms with Crippen LogP contribution in [0.2, 0.25) is 0 Å². The lowest BCUT2D eigenvalue weighted by Crippen LogP contribution is -2.51. The number of pyridine rings is 1. The molecular formula is C19H26IN7O. The van der Waals surface area contributed by atoms with Crippen LogP contribution in [0.25, 0.3) is 0 Å². The summed E-state index contributed by atoms with van der Waals surface area (Å²) in [5.74, 6) is 2.02. The van der Waals surface area contributed by atoms with Crippen LogP contribution in [0.4, 0.5) is 5.95 Å². The van der Waals surface area contributed by atoms with Crippen molar-refractivity contribution in [3.05, 3.63) is 42.4 Å². The summed E-state index contributed by atoms with van der Waals surface area (Å²) in [5.41, 5.74) is 7.26. The number of ether oxygens (including phenoxy) is 1. The van der Waals surface area contributed by atoms with Crippen LogP contribution in [0, 0.1) is 0 Å². The van der Waals surface area contributed by atoms with Crippen molar-refractivity contribution in [1.29, 1.82) is 0 Å². The molecule has 0 atom stereocenters. The molecule has 2 N–H and O–H groups in total. The second kappa shape index (κ2) is 9.85. The van der Waals surface area contributed by atoms with E-state index in [4.69, 9.17) is 10.5 Å². The number of rotatable bonds is 5. The molecule has 0 aromatic carbocycles. The lowest BCUT2D eigenvalue weighted by Gasteiger charge is -2.35. The maximum absolute atomic E-state index is 6.21. The highest BCUT2D eigenvalue weighted by Gasteiger charge is 2.21. The quantitative estimate of drug-likeness (QED) is 0.386. The van der Waals surface area contributed by atoms with Crippen LogP contribution in [0.15, 0.2) is 41.8 Å². The third kappa shape index (κ3) is 5.21. The van der Waals surface area contributed by atoms with E-state index in [1.54, 1.807) is 18.6 Å². The van der Waals surface area contributed by atoms with Crippen molar-refractivity contribution in [3.8, 4) is 5.88 Å². The normalized spacial score (nSPS) is 17.6. The molecule has 2 fully saturated rings. The number of piperazine rings is 1. The van der Waals surface area contributed by atoms with E-state index in [9.17, 15) is 0 Å². The van der Waals surface area contributed by atoms with Crippen LogP contribution in [0.5, 0.6) is 5.88 Å². The predicted molar refractivity (Wildman–Crippen MR) is 119 cm³/mol. The summed E-state index contributed by atoms with van der Waals surface area (Å²) < 4.78 is 5.85. The highest BCUT2D eigenvalue weighted by atomic mass is 127. The Morgan fingerprint density at radius 2 is 1.86 bits per heavy atom. The molecule has 3 heterocycles. The predicted octanol–water partition coefficient (Wildman–Crippen LogP) is 2.06. The van der Waals surface area contributed by atoms with Gasteiger partial charge in [-0.25, -0.2) is 19.9 Å². The van der Waals surface area contributed by atoms with Gasteiger partial charge >= 0.3 is 0 Å². The molecule has 150 valence electrons. The maximum atomic E-state index is 6.21. The van der Waals surface area contributed by atoms with Gasteiger partial charge in [-0.2, -0.15) is 0 Å². The molecule has 4 rings (SSSR count). The Balaban J connectivity index is 0.00000225. The Labute approximate surface area is 182 Å². The fourth-order valence-electron chi connectivity index (χ4n) is 3.14. The van der Waals surface area contributed by atoms with Gasteiger partial charge < -0.3 is 20.3 Å². The Kier molecular flexibility index (Phi) is 7.24. The van der Waals surface area contributed by atoms with Gasteiger partial charge in [0.15, 0.2) is 5.96 Å². The highest BCUT2D eigenvalue weighted by Crippen LogP contribution is 2.24. The Morgan fingerprint density at radius 3 is 2.54 bits per heavy atom. The molecule has 0 unspecified atom stereocenters. The second-order valence-electron chi connectivity index (χ2n) is 6.87. The molecule has 0 spiro atoms. The Hall–Kier alpha value is -2.17. The van der Waals surface area contributed by atoms with Crippen LogP contribution < -0.4 is 15.4 Å². The lowest BCUT2D eigenvalue weighted by atomic mass is 9.96. The number of nitrogens with zero attached hydrogens (tertiary/aromatic N) is 6. The SMILES string of the molecule is I.NC(=NCc1ccnc(OC2CCC2)c1)N1CCN(c2ncccn2)CC1. The van der Waals surface area contributed by atoms with Gasteiger partial charge in [-0.05, 0) is 37.0 Å². The van der Waals surface area contributed by atoms with Gasteiger partial charge in [0.05, 0.1) is 6.54 Å². The first kappa shape index (κ1) is 20.6. The molecule has 2 aromatic heterocycles. The minimum Gasteiger partial charge on any atom is -0.474 e. The fraction of sp³-hybridized carbons (Fsp3) is 0.474. The number of aliphatic imine (C=N–C) groups is 1. The number of aromatic nitrogens is 3. The average molecular weight is 495 g/mol. The van der Waals surface area contributed by atoms with Gasteiger partial charge in [0, 0.05) is 50.8 Å². The van der Waals surface area contributed by atoms with Crippen LogP contribution in [-0.4, -0.2) is 58.1 Å². The van der Waals surface area contributed by atoms with Gasteiger partial charge in [0.25, 0.3) is 0 Å². The van der Waals surface area contributed by atoms with E-state index >= 15 is 0 Å². The molecule has 1 aliphatic carbocycles. The number of hydrogen-bond acceptors (Lipinski definition) is 6. The summed E-state index contributed by atoms with van der Waals surface area (Å²) in [6, 6.07) is 5.74. The molecular weight excluding hydrogens is 469 g/mol. The van der Waals surface area contributed by atoms with Gasteiger partial charge in [0.1, 0.15) is 6.10 Å². The Morgan fingerprint density at radius 1 is 1.11 bits per heavy atom. The molecule has 2 aromatic rings. The van der Waals surface area contributed by atoms with Crippen molar-refractivity contribution in [2.24, 2.45) is 10.7 Å². The molecule has 0 bridgehead atoms. The van der Waals surface area contributed by atoms with Gasteiger partial charge in [-0.1, -0.05) is 0 Å². The number of halogens is 1. The third-order valence-corrected chi connectivity index (χ3v) is 5.00. The first-order valence-electron chi connectivity index (χ1n) is 9.46. The molecule has 9 heteroatoms. The van der Waals surface area contributed by atoms with E-state index in [1.807, 2.05) is 18.2 Å². The van der Waals surface area contributed by atoms with E-state index in [1.165, 1.54) is 6.42 Å². The zero-order chi connectivity index (χ0) is 18.5. The van der Waals surface area contributed by atoms with Crippen LogP contribution in [0.1, 0.15) is 24.8 Å². The van der Waals surface area contributed by atoms with Gasteiger partial charge in [0.2, 0.25) is 11.8 Å². The molecule has 0 radical (unpaired) electrons. The number of guanidine groups is 1. The summed E-state index contributed by atoms with van der Waals surface area (Å²) >= 11 is 0. The minimum atomic E-state index is 0.